The number of aliphatic hydroxyl groups excluding tert-OH is 2. The van der Waals surface area contributed by atoms with Crippen molar-refractivity contribution in [3.8, 4) is 0 Å². The lowest BCUT2D eigenvalue weighted by Gasteiger charge is -2.29. The van der Waals surface area contributed by atoms with Crippen molar-refractivity contribution in [3.63, 3.8) is 0 Å². The lowest BCUT2D eigenvalue weighted by molar-refractivity contribution is -0.993. The van der Waals surface area contributed by atoms with Crippen LogP contribution in [0.2, 0.25) is 0 Å². The maximum absolute atomic E-state index is 10.9. The fourth-order valence-corrected chi connectivity index (χ4v) is 2.85. The van der Waals surface area contributed by atoms with Gasteiger partial charge in [0.15, 0.2) is 0 Å². The van der Waals surface area contributed by atoms with E-state index in [-0.39, 0.29) is 12.2 Å². The fourth-order valence-electron chi connectivity index (χ4n) is 2.85. The molecule has 1 aromatic heterocycles. The van der Waals surface area contributed by atoms with Crippen molar-refractivity contribution in [3.05, 3.63) is 34.7 Å². The van der Waals surface area contributed by atoms with E-state index in [4.69, 9.17) is 9.94 Å². The Morgan fingerprint density at radius 2 is 1.96 bits per heavy atom. The Kier molecular flexibility index (Phi) is 9.29. The largest absolute Gasteiger partial charge is 0.594 e. The molecule has 4 atom stereocenters. The lowest BCUT2D eigenvalue weighted by Crippen LogP contribution is -2.99. The van der Waals surface area contributed by atoms with Gasteiger partial charge in [0.25, 0.3) is 0 Å². The summed E-state index contributed by atoms with van der Waals surface area (Å²) in [6, 6.07) is 1.46. The molecule has 8 heteroatoms. The molecular weight excluding hydrogens is 364 g/mol. The molecule has 0 fully saturated rings. The monoisotopic (exact) mass is 400 g/mol. The molecule has 6 N–H and O–H groups in total. The van der Waals surface area contributed by atoms with Crippen molar-refractivity contribution in [2.75, 3.05) is 7.11 Å². The maximum Gasteiger partial charge on any atom is 0.237 e. The Morgan fingerprint density at radius 1 is 1.32 bits per heavy atom. The standard InChI is InChI=1S/C20H36N2O6/c1-14(8-9-16(23)19(2,3)28-5)7-6-10-20(4,25)17(24)11-15-12-18(21-13-15)22(26)27/h7,12-13,16-17,21-26H,6,8-11H2,1-5H3/b14-7+/t16-,17+,20?/m1/s1. The van der Waals surface area contributed by atoms with Gasteiger partial charge in [0, 0.05) is 25.8 Å². The topological polar surface area (TPSA) is 133 Å². The van der Waals surface area contributed by atoms with E-state index in [1.807, 2.05) is 26.8 Å². The molecule has 0 spiro atoms. The van der Waals surface area contributed by atoms with Gasteiger partial charge in [-0.3, -0.25) is 0 Å². The number of allylic oxidation sites excluding steroid dienone is 2. The van der Waals surface area contributed by atoms with Crippen LogP contribution in [0.1, 0.15) is 58.9 Å². The Bertz CT molecular complexity index is 624. The zero-order valence-electron chi connectivity index (χ0n) is 17.5. The summed E-state index contributed by atoms with van der Waals surface area (Å²) in [5, 5.41) is 49.8. The van der Waals surface area contributed by atoms with Gasteiger partial charge in [-0.1, -0.05) is 11.6 Å². The number of quaternary nitrogens is 1. The maximum atomic E-state index is 10.9. The van der Waals surface area contributed by atoms with Crippen molar-refractivity contribution in [1.82, 2.24) is 4.98 Å². The third-order valence-corrected chi connectivity index (χ3v) is 5.40. The van der Waals surface area contributed by atoms with Crippen molar-refractivity contribution >= 4 is 5.82 Å². The van der Waals surface area contributed by atoms with Crippen LogP contribution in [0.4, 0.5) is 5.82 Å². The highest BCUT2D eigenvalue weighted by Gasteiger charge is 2.30. The van der Waals surface area contributed by atoms with Gasteiger partial charge < -0.3 is 30.2 Å². The van der Waals surface area contributed by atoms with E-state index < -0.39 is 28.6 Å². The molecule has 1 aromatic rings. The van der Waals surface area contributed by atoms with Crippen LogP contribution in [0.3, 0.4) is 0 Å². The number of aliphatic hydroxyl groups is 3. The average molecular weight is 401 g/mol. The molecule has 0 saturated heterocycles. The Labute approximate surface area is 167 Å². The molecule has 2 unspecified atom stereocenters. The molecule has 0 saturated carbocycles. The summed E-state index contributed by atoms with van der Waals surface area (Å²) in [6.07, 6.45) is 4.39. The van der Waals surface area contributed by atoms with E-state index in [0.29, 0.717) is 24.8 Å². The first-order valence-corrected chi connectivity index (χ1v) is 9.59. The Hall–Kier alpha value is -1.26. The fraction of sp³-hybridized carbons (Fsp3) is 0.700. The van der Waals surface area contributed by atoms with Crippen LogP contribution in [0.5, 0.6) is 0 Å². The molecule has 0 aliphatic carbocycles. The van der Waals surface area contributed by atoms with E-state index in [2.05, 4.69) is 4.98 Å². The van der Waals surface area contributed by atoms with Gasteiger partial charge in [-0.2, -0.15) is 5.23 Å². The number of rotatable bonds is 12. The van der Waals surface area contributed by atoms with Crippen LogP contribution in [-0.4, -0.2) is 56.0 Å². The number of ether oxygens (including phenoxy) is 1. The van der Waals surface area contributed by atoms with Crippen LogP contribution in [0.25, 0.3) is 0 Å². The molecule has 1 heterocycles. The molecule has 0 aliphatic heterocycles. The summed E-state index contributed by atoms with van der Waals surface area (Å²) in [5.74, 6) is 0.0549. The van der Waals surface area contributed by atoms with Crippen LogP contribution in [0.15, 0.2) is 23.9 Å². The van der Waals surface area contributed by atoms with E-state index >= 15 is 0 Å². The summed E-state index contributed by atoms with van der Waals surface area (Å²) in [5.41, 5.74) is -0.151. The lowest BCUT2D eigenvalue weighted by atomic mass is 9.89. The molecule has 162 valence electrons. The minimum Gasteiger partial charge on any atom is -0.594 e. The average Bonchev–Trinajstić information content (AvgIpc) is 3.08. The highest BCUT2D eigenvalue weighted by molar-refractivity contribution is 5.27. The van der Waals surface area contributed by atoms with E-state index in [1.165, 1.54) is 12.3 Å². The van der Waals surface area contributed by atoms with Gasteiger partial charge in [-0.15, -0.1) is 0 Å². The minimum atomic E-state index is -1.30. The third-order valence-electron chi connectivity index (χ3n) is 5.40. The molecular formula is C20H36N2O6. The van der Waals surface area contributed by atoms with Crippen molar-refractivity contribution in [2.45, 2.75) is 83.2 Å². The number of methoxy groups -OCH3 is 1. The van der Waals surface area contributed by atoms with Crippen LogP contribution in [-0.2, 0) is 11.2 Å². The Balaban J connectivity index is 2.48. The Morgan fingerprint density at radius 3 is 2.50 bits per heavy atom. The zero-order chi connectivity index (χ0) is 21.5. The van der Waals surface area contributed by atoms with E-state index in [9.17, 15) is 20.5 Å². The molecule has 1 rings (SSSR count). The van der Waals surface area contributed by atoms with Crippen LogP contribution in [0, 0.1) is 5.21 Å². The number of nitrogens with one attached hydrogen (secondary N) is 2. The molecule has 0 amide bonds. The van der Waals surface area contributed by atoms with Crippen molar-refractivity contribution < 1.29 is 30.5 Å². The van der Waals surface area contributed by atoms with E-state index in [0.717, 1.165) is 12.0 Å². The van der Waals surface area contributed by atoms with E-state index in [1.54, 1.807) is 14.0 Å². The number of aromatic nitrogens is 1. The first-order chi connectivity index (χ1) is 12.9. The summed E-state index contributed by atoms with van der Waals surface area (Å²) >= 11 is 0. The predicted molar refractivity (Wildman–Crippen MR) is 106 cm³/mol. The second kappa shape index (κ2) is 10.5. The second-order valence-corrected chi connectivity index (χ2v) is 8.26. The molecule has 28 heavy (non-hydrogen) atoms. The highest BCUT2D eigenvalue weighted by Crippen LogP contribution is 2.23. The van der Waals surface area contributed by atoms with Crippen LogP contribution < -0.4 is 5.23 Å². The highest BCUT2D eigenvalue weighted by atomic mass is 16.8. The molecule has 0 radical (unpaired) electrons. The first kappa shape index (κ1) is 24.8. The number of hydrogen-bond acceptors (Lipinski definition) is 6. The van der Waals surface area contributed by atoms with Gasteiger partial charge in [0.2, 0.25) is 5.82 Å². The van der Waals surface area contributed by atoms with Gasteiger partial charge in [0.1, 0.15) is 0 Å². The van der Waals surface area contributed by atoms with Gasteiger partial charge in [-0.25, -0.2) is 5.21 Å². The predicted octanol–water partition coefficient (Wildman–Crippen LogP) is 1.37. The smallest absolute Gasteiger partial charge is 0.237 e. The van der Waals surface area contributed by atoms with Gasteiger partial charge in [0.05, 0.1) is 23.4 Å². The first-order valence-electron chi connectivity index (χ1n) is 9.59. The minimum absolute atomic E-state index is 0.0549. The third kappa shape index (κ3) is 7.63. The molecule has 0 bridgehead atoms. The van der Waals surface area contributed by atoms with Crippen LogP contribution >= 0.6 is 0 Å². The second-order valence-electron chi connectivity index (χ2n) is 8.26. The van der Waals surface area contributed by atoms with Gasteiger partial charge >= 0.3 is 0 Å². The van der Waals surface area contributed by atoms with Crippen molar-refractivity contribution in [2.24, 2.45) is 0 Å². The number of aromatic amines is 1. The summed E-state index contributed by atoms with van der Waals surface area (Å²) in [6.45, 7) is 7.25. The summed E-state index contributed by atoms with van der Waals surface area (Å²) < 4.78 is 5.28. The number of H-pyrrole nitrogens is 1. The summed E-state index contributed by atoms with van der Waals surface area (Å²) in [7, 11) is 1.58. The number of hydrogen-bond donors (Lipinski definition) is 6. The quantitative estimate of drug-likeness (QED) is 0.232. The summed E-state index contributed by atoms with van der Waals surface area (Å²) in [4.78, 5) is 2.63. The normalized spacial score (nSPS) is 18.6. The molecule has 0 aliphatic rings. The molecule has 8 nitrogen and oxygen atoms in total. The SMILES string of the molecule is COC(C)(C)[C@H](O)CC/C(C)=C/CCC(C)(O)[C@@H](O)Cc1c[nH]c([NH+]([O-])O)c1. The zero-order valence-corrected chi connectivity index (χ0v) is 17.5. The van der Waals surface area contributed by atoms with Crippen molar-refractivity contribution in [1.29, 1.82) is 0 Å². The molecule has 0 aromatic carbocycles. The van der Waals surface area contributed by atoms with Gasteiger partial charge in [-0.05, 0) is 58.9 Å².